The van der Waals surface area contributed by atoms with Crippen molar-refractivity contribution in [1.29, 1.82) is 0 Å². The van der Waals surface area contributed by atoms with Gasteiger partial charge in [0, 0.05) is 70.4 Å². The highest BCUT2D eigenvalue weighted by atomic mass is 19.1. The number of nitrogens with one attached hydrogen (secondary N) is 4. The van der Waals surface area contributed by atoms with Crippen LogP contribution in [-0.2, 0) is 0 Å². The van der Waals surface area contributed by atoms with Gasteiger partial charge in [-0.2, -0.15) is 5.10 Å². The molecule has 10 nitrogen and oxygen atoms in total. The first kappa shape index (κ1) is 28.8. The number of anilines is 2. The van der Waals surface area contributed by atoms with Gasteiger partial charge in [0.15, 0.2) is 5.65 Å². The predicted octanol–water partition coefficient (Wildman–Crippen LogP) is 6.60. The summed E-state index contributed by atoms with van der Waals surface area (Å²) >= 11 is 0. The van der Waals surface area contributed by atoms with E-state index < -0.39 is 0 Å². The third kappa shape index (κ3) is 5.91. The standard InChI is InChI=1S/C35H30FN9O/c1-45(2)9-8-39-26-11-22(10-25(36)14-26)30-19-38-20-32-28(30)15-31(42-32)33-29-13-24(17-40-34(29)44-43-33)23-12-27(18-37-16-23)41-35(46)21-6-4-3-5-7-21/h3-7,10-20,39,42H,8-9H2,1-2H3,(H,41,46)(H,40,43,44). The van der Waals surface area contributed by atoms with E-state index in [-0.39, 0.29) is 11.7 Å². The number of rotatable bonds is 9. The third-order valence-corrected chi connectivity index (χ3v) is 7.68. The summed E-state index contributed by atoms with van der Waals surface area (Å²) in [6.07, 6.45) is 8.57. The maximum Gasteiger partial charge on any atom is 0.255 e. The minimum Gasteiger partial charge on any atom is -0.384 e. The predicted molar refractivity (Wildman–Crippen MR) is 179 cm³/mol. The van der Waals surface area contributed by atoms with E-state index in [1.54, 1.807) is 43.1 Å². The van der Waals surface area contributed by atoms with Crippen molar-refractivity contribution in [2.24, 2.45) is 0 Å². The number of carbonyl (C=O) groups is 1. The van der Waals surface area contributed by atoms with Crippen LogP contribution in [0.1, 0.15) is 10.4 Å². The molecule has 5 aromatic heterocycles. The van der Waals surface area contributed by atoms with Crippen LogP contribution < -0.4 is 10.6 Å². The molecule has 11 heteroatoms. The molecule has 0 aliphatic carbocycles. The second-order valence-electron chi connectivity index (χ2n) is 11.3. The van der Waals surface area contributed by atoms with Gasteiger partial charge in [-0.05, 0) is 68.2 Å². The minimum absolute atomic E-state index is 0.215. The number of carbonyl (C=O) groups excluding carboxylic acids is 1. The van der Waals surface area contributed by atoms with Gasteiger partial charge in [0.05, 0.1) is 29.3 Å². The van der Waals surface area contributed by atoms with Gasteiger partial charge in [-0.15, -0.1) is 0 Å². The smallest absolute Gasteiger partial charge is 0.255 e. The van der Waals surface area contributed by atoms with Crippen LogP contribution in [0.4, 0.5) is 15.8 Å². The van der Waals surface area contributed by atoms with Crippen molar-refractivity contribution in [3.8, 4) is 33.6 Å². The lowest BCUT2D eigenvalue weighted by Crippen LogP contribution is -2.20. The number of pyridine rings is 3. The molecule has 0 saturated heterocycles. The number of hydrogen-bond donors (Lipinski definition) is 4. The van der Waals surface area contributed by atoms with Gasteiger partial charge in [0.25, 0.3) is 5.91 Å². The first-order valence-corrected chi connectivity index (χ1v) is 14.7. The fraction of sp³-hybridized carbons (Fsp3) is 0.114. The van der Waals surface area contributed by atoms with Crippen molar-refractivity contribution < 1.29 is 9.18 Å². The first-order valence-electron chi connectivity index (χ1n) is 14.7. The molecule has 0 aliphatic heterocycles. The summed E-state index contributed by atoms with van der Waals surface area (Å²) < 4.78 is 14.7. The summed E-state index contributed by atoms with van der Waals surface area (Å²) in [5.74, 6) is -0.541. The van der Waals surface area contributed by atoms with Gasteiger partial charge in [-0.1, -0.05) is 18.2 Å². The van der Waals surface area contributed by atoms with E-state index in [9.17, 15) is 9.18 Å². The summed E-state index contributed by atoms with van der Waals surface area (Å²) in [7, 11) is 4.00. The zero-order valence-electron chi connectivity index (χ0n) is 25.2. The Labute approximate surface area is 263 Å². The lowest BCUT2D eigenvalue weighted by atomic mass is 10.0. The summed E-state index contributed by atoms with van der Waals surface area (Å²) in [4.78, 5) is 31.6. The largest absolute Gasteiger partial charge is 0.384 e. The molecule has 228 valence electrons. The first-order chi connectivity index (χ1) is 22.4. The van der Waals surface area contributed by atoms with Crippen LogP contribution in [0, 0.1) is 5.82 Å². The van der Waals surface area contributed by atoms with Gasteiger partial charge in [-0.25, -0.2) is 9.37 Å². The Morgan fingerprint density at radius 2 is 1.65 bits per heavy atom. The monoisotopic (exact) mass is 611 g/mol. The minimum atomic E-state index is -0.326. The van der Waals surface area contributed by atoms with Crippen molar-refractivity contribution in [2.75, 3.05) is 37.8 Å². The summed E-state index contributed by atoms with van der Waals surface area (Å²) in [6, 6.07) is 19.8. The van der Waals surface area contributed by atoms with Crippen molar-refractivity contribution in [3.05, 3.63) is 109 Å². The quantitative estimate of drug-likeness (QED) is 0.145. The van der Waals surface area contributed by atoms with Crippen LogP contribution in [0.3, 0.4) is 0 Å². The molecule has 0 aliphatic rings. The van der Waals surface area contributed by atoms with Gasteiger partial charge < -0.3 is 20.5 Å². The molecule has 5 heterocycles. The van der Waals surface area contributed by atoms with Crippen molar-refractivity contribution >= 4 is 39.2 Å². The Balaban J connectivity index is 1.21. The van der Waals surface area contributed by atoms with Crippen LogP contribution in [-0.4, -0.2) is 68.1 Å². The molecule has 0 atom stereocenters. The Bertz CT molecular complexity index is 2190. The van der Waals surface area contributed by atoms with E-state index >= 15 is 0 Å². The molecule has 0 fully saturated rings. The molecule has 0 bridgehead atoms. The summed E-state index contributed by atoms with van der Waals surface area (Å²) in [5.41, 5.74) is 7.82. The topological polar surface area (TPSA) is 128 Å². The van der Waals surface area contributed by atoms with Gasteiger partial charge in [-0.3, -0.25) is 19.9 Å². The number of benzene rings is 2. The lowest BCUT2D eigenvalue weighted by molar-refractivity contribution is 0.102. The van der Waals surface area contributed by atoms with Crippen LogP contribution in [0.25, 0.3) is 55.6 Å². The fourth-order valence-corrected chi connectivity index (χ4v) is 5.41. The zero-order valence-corrected chi connectivity index (χ0v) is 25.2. The highest BCUT2D eigenvalue weighted by Gasteiger charge is 2.16. The molecule has 46 heavy (non-hydrogen) atoms. The normalized spacial score (nSPS) is 11.4. The van der Waals surface area contributed by atoms with E-state index in [0.29, 0.717) is 34.8 Å². The Morgan fingerprint density at radius 1 is 0.848 bits per heavy atom. The average Bonchev–Trinajstić information content (AvgIpc) is 3.69. The molecule has 0 saturated carbocycles. The number of nitrogens with zero attached hydrogens (tertiary/aromatic N) is 5. The number of amides is 1. The van der Waals surface area contributed by atoms with Crippen LogP contribution in [0.15, 0.2) is 97.7 Å². The number of fused-ring (bicyclic) bond motifs is 2. The maximum atomic E-state index is 14.7. The third-order valence-electron chi connectivity index (χ3n) is 7.68. The molecule has 0 spiro atoms. The molecule has 4 N–H and O–H groups in total. The average molecular weight is 612 g/mol. The van der Waals surface area contributed by atoms with Crippen LogP contribution in [0.5, 0.6) is 0 Å². The second-order valence-corrected chi connectivity index (χ2v) is 11.3. The zero-order chi connectivity index (χ0) is 31.6. The molecule has 0 radical (unpaired) electrons. The molecule has 7 rings (SSSR count). The number of aromatic amines is 2. The van der Waals surface area contributed by atoms with E-state index in [1.807, 2.05) is 56.6 Å². The number of aromatic nitrogens is 6. The molecule has 2 aromatic carbocycles. The van der Waals surface area contributed by atoms with Crippen molar-refractivity contribution in [1.82, 2.24) is 35.0 Å². The number of likely N-dealkylation sites (N-methyl/N-ethyl adjacent to an activating group) is 1. The Hall–Kier alpha value is -5.94. The van der Waals surface area contributed by atoms with Gasteiger partial charge in [0.2, 0.25) is 0 Å². The number of halogens is 1. The Kier molecular flexibility index (Phi) is 7.65. The molecular formula is C35H30FN9O. The van der Waals surface area contributed by atoms with E-state index in [2.05, 4.69) is 45.7 Å². The van der Waals surface area contributed by atoms with E-state index in [1.165, 1.54) is 12.1 Å². The van der Waals surface area contributed by atoms with Gasteiger partial charge >= 0.3 is 0 Å². The van der Waals surface area contributed by atoms with Crippen molar-refractivity contribution in [2.45, 2.75) is 0 Å². The fourth-order valence-electron chi connectivity index (χ4n) is 5.41. The molecular weight excluding hydrogens is 581 g/mol. The molecule has 1 amide bonds. The Morgan fingerprint density at radius 3 is 2.50 bits per heavy atom. The highest BCUT2D eigenvalue weighted by Crippen LogP contribution is 2.35. The highest BCUT2D eigenvalue weighted by molar-refractivity contribution is 6.04. The van der Waals surface area contributed by atoms with E-state index in [0.717, 1.165) is 50.8 Å². The summed E-state index contributed by atoms with van der Waals surface area (Å²) in [5, 5.41) is 15.5. The van der Waals surface area contributed by atoms with Crippen LogP contribution in [0.2, 0.25) is 0 Å². The number of H-pyrrole nitrogens is 2. The SMILES string of the molecule is CN(C)CCNc1cc(F)cc(-c2cncc3[nH]c(-c4n[nH]c5ncc(-c6cncc(NC(=O)c7ccccc7)c6)cc45)cc23)c1. The molecule has 0 unspecified atom stereocenters. The maximum absolute atomic E-state index is 14.7. The van der Waals surface area contributed by atoms with Crippen LogP contribution >= 0.6 is 0 Å². The van der Waals surface area contributed by atoms with Gasteiger partial charge in [0.1, 0.15) is 11.5 Å². The number of hydrogen-bond acceptors (Lipinski definition) is 7. The summed E-state index contributed by atoms with van der Waals surface area (Å²) in [6.45, 7) is 1.52. The second kappa shape index (κ2) is 12.2. The van der Waals surface area contributed by atoms with E-state index in [4.69, 9.17) is 0 Å². The molecule has 7 aromatic rings. The lowest BCUT2D eigenvalue weighted by Gasteiger charge is -2.13. The van der Waals surface area contributed by atoms with Crippen molar-refractivity contribution in [3.63, 3.8) is 0 Å².